The number of nitrogens with one attached hydrogen (secondary N) is 2. The second-order valence-corrected chi connectivity index (χ2v) is 7.31. The number of methoxy groups -OCH3 is 1. The van der Waals surface area contributed by atoms with Gasteiger partial charge in [0.1, 0.15) is 5.60 Å². The van der Waals surface area contributed by atoms with E-state index in [-0.39, 0.29) is 42.0 Å². The van der Waals surface area contributed by atoms with Crippen LogP contribution in [0.3, 0.4) is 0 Å². The van der Waals surface area contributed by atoms with Crippen molar-refractivity contribution in [3.8, 4) is 0 Å². The van der Waals surface area contributed by atoms with Crippen molar-refractivity contribution in [3.63, 3.8) is 0 Å². The van der Waals surface area contributed by atoms with E-state index >= 15 is 0 Å². The van der Waals surface area contributed by atoms with E-state index in [1.807, 2.05) is 37.3 Å². The summed E-state index contributed by atoms with van der Waals surface area (Å²) in [5.74, 6) is 0.681. The third-order valence-electron chi connectivity index (χ3n) is 3.99. The number of halogens is 1. The molecule has 2 unspecified atom stereocenters. The first kappa shape index (κ1) is 24.1. The van der Waals surface area contributed by atoms with Crippen LogP contribution >= 0.6 is 24.0 Å². The van der Waals surface area contributed by atoms with Gasteiger partial charge in [-0.05, 0) is 24.8 Å². The maximum Gasteiger partial charge on any atom is 0.191 e. The largest absolute Gasteiger partial charge is 0.384 e. The molecule has 0 aromatic heterocycles. The molecule has 3 N–H and O–H groups in total. The van der Waals surface area contributed by atoms with E-state index in [1.54, 1.807) is 14.0 Å². The highest BCUT2D eigenvalue weighted by Crippen LogP contribution is 2.21. The molecule has 144 valence electrons. The van der Waals surface area contributed by atoms with Crippen LogP contribution in [0.2, 0.25) is 0 Å². The molecule has 0 aliphatic heterocycles. The molecular formula is C19H34IN3O2. The topological polar surface area (TPSA) is 65.9 Å². The van der Waals surface area contributed by atoms with Gasteiger partial charge in [-0.15, -0.1) is 24.0 Å². The molecule has 1 rings (SSSR count). The van der Waals surface area contributed by atoms with Crippen LogP contribution in [0.4, 0.5) is 0 Å². The summed E-state index contributed by atoms with van der Waals surface area (Å²) in [7, 11) is 1.72. The minimum atomic E-state index is -1.01. The fourth-order valence-electron chi connectivity index (χ4n) is 2.40. The Morgan fingerprint density at radius 3 is 2.24 bits per heavy atom. The average Bonchev–Trinajstić information content (AvgIpc) is 2.52. The fraction of sp³-hybridized carbons (Fsp3) is 0.632. The molecule has 0 fully saturated rings. The van der Waals surface area contributed by atoms with Gasteiger partial charge in [0.15, 0.2) is 5.96 Å². The number of guanidine groups is 1. The first-order chi connectivity index (χ1) is 11.2. The van der Waals surface area contributed by atoms with Crippen molar-refractivity contribution >= 4 is 29.9 Å². The quantitative estimate of drug-likeness (QED) is 0.330. The van der Waals surface area contributed by atoms with E-state index in [2.05, 4.69) is 36.4 Å². The zero-order valence-corrected chi connectivity index (χ0v) is 18.6. The van der Waals surface area contributed by atoms with Gasteiger partial charge in [-0.1, -0.05) is 51.1 Å². The Labute approximate surface area is 169 Å². The van der Waals surface area contributed by atoms with Crippen LogP contribution in [0.15, 0.2) is 35.3 Å². The molecule has 0 aliphatic carbocycles. The molecule has 0 heterocycles. The number of aliphatic hydroxyl groups is 1. The van der Waals surface area contributed by atoms with Gasteiger partial charge in [-0.3, -0.25) is 0 Å². The SMILES string of the molecule is CCNC(=NCC(C)(O)c1ccccc1)NCC(OC)C(C)(C)C.I. The molecule has 0 aliphatic rings. The van der Waals surface area contributed by atoms with Crippen molar-refractivity contribution in [1.29, 1.82) is 0 Å². The molecule has 5 nitrogen and oxygen atoms in total. The van der Waals surface area contributed by atoms with Gasteiger partial charge in [-0.25, -0.2) is 4.99 Å². The van der Waals surface area contributed by atoms with Crippen LogP contribution in [-0.4, -0.2) is 43.9 Å². The van der Waals surface area contributed by atoms with Gasteiger partial charge in [0, 0.05) is 20.2 Å². The molecular weight excluding hydrogens is 429 g/mol. The smallest absolute Gasteiger partial charge is 0.191 e. The predicted molar refractivity (Wildman–Crippen MR) is 116 cm³/mol. The second-order valence-electron chi connectivity index (χ2n) is 7.31. The summed E-state index contributed by atoms with van der Waals surface area (Å²) in [6, 6.07) is 9.60. The average molecular weight is 463 g/mol. The Morgan fingerprint density at radius 1 is 1.16 bits per heavy atom. The standard InChI is InChI=1S/C19H33N3O2.HI/c1-7-20-17(21-13-16(24-6)18(2,3)4)22-14-19(5,23)15-11-9-8-10-12-15;/h8-12,16,23H,7,13-14H2,1-6H3,(H2,20,21,22);1H. The number of ether oxygens (including phenoxy) is 1. The molecule has 0 saturated carbocycles. The van der Waals surface area contributed by atoms with E-state index in [9.17, 15) is 5.11 Å². The van der Waals surface area contributed by atoms with E-state index in [4.69, 9.17) is 4.74 Å². The first-order valence-corrected chi connectivity index (χ1v) is 8.53. The Morgan fingerprint density at radius 2 is 1.76 bits per heavy atom. The number of aliphatic imine (C=N–C) groups is 1. The third-order valence-corrected chi connectivity index (χ3v) is 3.99. The summed E-state index contributed by atoms with van der Waals surface area (Å²) in [4.78, 5) is 4.54. The monoisotopic (exact) mass is 463 g/mol. The van der Waals surface area contributed by atoms with Crippen LogP contribution in [0.1, 0.15) is 40.2 Å². The highest BCUT2D eigenvalue weighted by molar-refractivity contribution is 14.0. The lowest BCUT2D eigenvalue weighted by molar-refractivity contribution is 0.0204. The molecule has 6 heteroatoms. The molecule has 2 atom stereocenters. The van der Waals surface area contributed by atoms with Crippen LogP contribution in [0.5, 0.6) is 0 Å². The zero-order chi connectivity index (χ0) is 18.2. The number of hydrogen-bond donors (Lipinski definition) is 3. The maximum absolute atomic E-state index is 10.7. The molecule has 0 amide bonds. The summed E-state index contributed by atoms with van der Waals surface area (Å²) < 4.78 is 5.56. The van der Waals surface area contributed by atoms with Gasteiger partial charge < -0.3 is 20.5 Å². The van der Waals surface area contributed by atoms with Crippen molar-refractivity contribution < 1.29 is 9.84 Å². The summed E-state index contributed by atoms with van der Waals surface area (Å²) >= 11 is 0. The summed E-state index contributed by atoms with van der Waals surface area (Å²) in [5, 5.41) is 17.2. The Balaban J connectivity index is 0.00000576. The fourth-order valence-corrected chi connectivity index (χ4v) is 2.40. The van der Waals surface area contributed by atoms with Crippen molar-refractivity contribution in [2.75, 3.05) is 26.7 Å². The minimum Gasteiger partial charge on any atom is -0.384 e. The van der Waals surface area contributed by atoms with E-state index in [0.29, 0.717) is 12.5 Å². The zero-order valence-electron chi connectivity index (χ0n) is 16.3. The van der Waals surface area contributed by atoms with Gasteiger partial charge in [0.25, 0.3) is 0 Å². The highest BCUT2D eigenvalue weighted by atomic mass is 127. The normalized spacial score (nSPS) is 15.7. The number of hydrogen-bond acceptors (Lipinski definition) is 3. The lowest BCUT2D eigenvalue weighted by atomic mass is 9.89. The summed E-state index contributed by atoms with van der Waals surface area (Å²) in [6.07, 6.45) is 0.0657. The number of nitrogens with zero attached hydrogens (tertiary/aromatic N) is 1. The molecule has 1 aromatic carbocycles. The lowest BCUT2D eigenvalue weighted by Gasteiger charge is -2.30. The Hall–Kier alpha value is -0.860. The van der Waals surface area contributed by atoms with Crippen LogP contribution in [0.25, 0.3) is 0 Å². The molecule has 1 aromatic rings. The van der Waals surface area contributed by atoms with Crippen LogP contribution in [-0.2, 0) is 10.3 Å². The van der Waals surface area contributed by atoms with Crippen LogP contribution < -0.4 is 10.6 Å². The van der Waals surface area contributed by atoms with E-state index in [0.717, 1.165) is 12.1 Å². The number of rotatable bonds is 7. The van der Waals surface area contributed by atoms with Gasteiger partial charge in [0.2, 0.25) is 0 Å². The molecule has 0 spiro atoms. The van der Waals surface area contributed by atoms with Gasteiger partial charge >= 0.3 is 0 Å². The second kappa shape index (κ2) is 11.0. The molecule has 25 heavy (non-hydrogen) atoms. The maximum atomic E-state index is 10.7. The summed E-state index contributed by atoms with van der Waals surface area (Å²) in [6.45, 7) is 11.9. The minimum absolute atomic E-state index is 0. The predicted octanol–water partition coefficient (Wildman–Crippen LogP) is 3.13. The Bertz CT molecular complexity index is 513. The van der Waals surface area contributed by atoms with E-state index in [1.165, 1.54) is 0 Å². The first-order valence-electron chi connectivity index (χ1n) is 8.53. The molecule has 0 bridgehead atoms. The van der Waals surface area contributed by atoms with Crippen molar-refractivity contribution in [3.05, 3.63) is 35.9 Å². The molecule has 0 saturated heterocycles. The van der Waals surface area contributed by atoms with Gasteiger partial charge in [0.05, 0.1) is 12.6 Å². The van der Waals surface area contributed by atoms with E-state index < -0.39 is 5.60 Å². The molecule has 0 radical (unpaired) electrons. The van der Waals surface area contributed by atoms with Crippen molar-refractivity contribution in [2.45, 2.75) is 46.3 Å². The third kappa shape index (κ3) is 8.37. The van der Waals surface area contributed by atoms with Crippen molar-refractivity contribution in [2.24, 2.45) is 10.4 Å². The van der Waals surface area contributed by atoms with Crippen LogP contribution in [0, 0.1) is 5.41 Å². The lowest BCUT2D eigenvalue weighted by Crippen LogP contribution is -2.45. The van der Waals surface area contributed by atoms with Gasteiger partial charge in [-0.2, -0.15) is 0 Å². The number of benzene rings is 1. The summed E-state index contributed by atoms with van der Waals surface area (Å²) in [5.41, 5.74) is -0.114. The highest BCUT2D eigenvalue weighted by Gasteiger charge is 2.25. The van der Waals surface area contributed by atoms with Crippen molar-refractivity contribution in [1.82, 2.24) is 10.6 Å². The Kier molecular flexibility index (Phi) is 10.6.